The third-order valence-corrected chi connectivity index (χ3v) is 6.56. The molecule has 9 heteroatoms. The van der Waals surface area contributed by atoms with Crippen LogP contribution < -0.4 is 16.4 Å². The third-order valence-electron chi connectivity index (χ3n) is 6.56. The molecule has 172 valence electrons. The fourth-order valence-electron chi connectivity index (χ4n) is 5.03. The number of hydrogen-bond acceptors (Lipinski definition) is 3. The Hall–Kier alpha value is -3.10. The number of urea groups is 1. The molecule has 2 aliphatic rings. The zero-order valence-electron chi connectivity index (χ0n) is 18.4. The normalized spacial score (nSPS) is 25.0. The molecule has 4 amide bonds. The number of nitrogens with one attached hydrogen (secondary N) is 2. The molecule has 1 aliphatic carbocycles. The lowest BCUT2D eigenvalue weighted by molar-refractivity contribution is -0.125. The highest BCUT2D eigenvalue weighted by Crippen LogP contribution is 2.35. The van der Waals surface area contributed by atoms with E-state index in [1.54, 1.807) is 24.3 Å². The second kappa shape index (κ2) is 8.44. The van der Waals surface area contributed by atoms with Gasteiger partial charge in [0.15, 0.2) is 0 Å². The largest absolute Gasteiger partial charge is 0.352 e. The van der Waals surface area contributed by atoms with Crippen molar-refractivity contribution in [1.29, 1.82) is 0 Å². The van der Waals surface area contributed by atoms with Gasteiger partial charge in [-0.05, 0) is 30.7 Å². The van der Waals surface area contributed by atoms with Crippen LogP contribution in [0, 0.1) is 5.41 Å². The van der Waals surface area contributed by atoms with Gasteiger partial charge in [-0.15, -0.1) is 0 Å². The summed E-state index contributed by atoms with van der Waals surface area (Å²) in [6.07, 6.45) is 4.03. The van der Waals surface area contributed by atoms with Crippen molar-refractivity contribution in [3.63, 3.8) is 0 Å². The van der Waals surface area contributed by atoms with Gasteiger partial charge in [0.1, 0.15) is 12.2 Å². The van der Waals surface area contributed by atoms with Crippen LogP contribution in [0.25, 0.3) is 10.9 Å². The lowest BCUT2D eigenvalue weighted by Gasteiger charge is -2.36. The molecule has 0 radical (unpaired) electrons. The molecule has 1 aromatic carbocycles. The minimum absolute atomic E-state index is 0.0294. The molecule has 2 aromatic rings. The number of aromatic nitrogens is 1. The quantitative estimate of drug-likeness (QED) is 0.674. The molecule has 2 heterocycles. The molecule has 0 spiro atoms. The van der Waals surface area contributed by atoms with Gasteiger partial charge in [0.2, 0.25) is 5.91 Å². The number of likely N-dealkylation sites (tertiary alicyclic amines) is 1. The Morgan fingerprint density at radius 2 is 1.97 bits per heavy atom. The minimum Gasteiger partial charge on any atom is -0.352 e. The van der Waals surface area contributed by atoms with Crippen molar-refractivity contribution in [2.24, 2.45) is 11.1 Å². The van der Waals surface area contributed by atoms with Crippen LogP contribution in [-0.2, 0) is 4.79 Å². The summed E-state index contributed by atoms with van der Waals surface area (Å²) in [7, 11) is 0. The molecule has 1 aromatic heterocycles. The first-order chi connectivity index (χ1) is 15.1. The molecule has 32 heavy (non-hydrogen) atoms. The Bertz CT molecular complexity index is 1050. The van der Waals surface area contributed by atoms with Crippen molar-refractivity contribution in [3.05, 3.63) is 30.5 Å². The highest BCUT2D eigenvalue weighted by molar-refractivity contribution is 6.05. The van der Waals surface area contributed by atoms with Gasteiger partial charge < -0.3 is 21.3 Å². The number of hydrogen-bond donors (Lipinski definition) is 3. The smallest absolute Gasteiger partial charge is 0.323 e. The number of halogens is 1. The highest BCUT2D eigenvalue weighted by atomic mass is 19.1. The van der Waals surface area contributed by atoms with Crippen molar-refractivity contribution >= 4 is 34.6 Å². The van der Waals surface area contributed by atoms with E-state index >= 15 is 0 Å². The van der Waals surface area contributed by atoms with E-state index < -0.39 is 24.3 Å². The van der Waals surface area contributed by atoms with Crippen LogP contribution in [0.2, 0.25) is 0 Å². The average molecular weight is 444 g/mol. The van der Waals surface area contributed by atoms with Crippen LogP contribution >= 0.6 is 0 Å². The second-order valence-corrected chi connectivity index (χ2v) is 9.67. The molecule has 3 atom stereocenters. The number of alkyl halides is 1. The van der Waals surface area contributed by atoms with Gasteiger partial charge in [-0.3, -0.25) is 9.36 Å². The molecular formula is C23H30FN5O3. The average Bonchev–Trinajstić information content (AvgIpc) is 3.28. The number of para-hydroxylation sites is 1. The number of rotatable bonds is 3. The molecule has 0 bridgehead atoms. The van der Waals surface area contributed by atoms with Gasteiger partial charge in [0.05, 0.1) is 17.7 Å². The van der Waals surface area contributed by atoms with Gasteiger partial charge in [-0.25, -0.2) is 14.0 Å². The fraction of sp³-hybridized carbons (Fsp3) is 0.522. The van der Waals surface area contributed by atoms with E-state index in [2.05, 4.69) is 24.5 Å². The zero-order valence-corrected chi connectivity index (χ0v) is 18.4. The summed E-state index contributed by atoms with van der Waals surface area (Å²) in [5.41, 5.74) is 6.51. The Morgan fingerprint density at radius 3 is 2.69 bits per heavy atom. The van der Waals surface area contributed by atoms with E-state index in [1.807, 2.05) is 0 Å². The molecular weight excluding hydrogens is 413 g/mol. The van der Waals surface area contributed by atoms with Crippen LogP contribution in [0.15, 0.2) is 30.5 Å². The van der Waals surface area contributed by atoms with Crippen LogP contribution in [0.5, 0.6) is 0 Å². The standard InChI is InChI=1S/C23H30FN5O3/c1-23(2)9-5-6-15(11-23)26-20(30)19-10-14(24)12-29(19)22(32)27-17-13-28(21(25)31)18-8-4-3-7-16(17)18/h3-4,7-8,13-15,19H,5-6,9-12H2,1-2H3,(H2,25,31)(H,26,30)(H,27,32)/t14-,15-,19+/m1/s1. The Labute approximate surface area is 186 Å². The predicted molar refractivity (Wildman–Crippen MR) is 120 cm³/mol. The Kier molecular flexibility index (Phi) is 5.83. The van der Waals surface area contributed by atoms with Gasteiger partial charge >= 0.3 is 12.1 Å². The number of primary amides is 1. The lowest BCUT2D eigenvalue weighted by Crippen LogP contribution is -2.51. The number of fused-ring (bicyclic) bond motifs is 1. The first-order valence-corrected chi connectivity index (χ1v) is 11.1. The Morgan fingerprint density at radius 1 is 1.22 bits per heavy atom. The number of amides is 4. The van der Waals surface area contributed by atoms with Crippen molar-refractivity contribution in [2.45, 2.75) is 64.2 Å². The van der Waals surface area contributed by atoms with Crippen LogP contribution in [0.3, 0.4) is 0 Å². The van der Waals surface area contributed by atoms with E-state index in [0.717, 1.165) is 25.7 Å². The van der Waals surface area contributed by atoms with Crippen LogP contribution in [0.1, 0.15) is 46.0 Å². The number of carbonyl (C=O) groups excluding carboxylic acids is 3. The summed E-state index contributed by atoms with van der Waals surface area (Å²) in [6, 6.07) is 4.89. The number of anilines is 1. The van der Waals surface area contributed by atoms with Crippen molar-refractivity contribution < 1.29 is 18.8 Å². The number of benzene rings is 1. The van der Waals surface area contributed by atoms with E-state index in [-0.39, 0.29) is 30.3 Å². The van der Waals surface area contributed by atoms with E-state index in [1.165, 1.54) is 15.7 Å². The fourth-order valence-corrected chi connectivity index (χ4v) is 5.03. The maximum atomic E-state index is 14.3. The number of carbonyl (C=O) groups is 3. The van der Waals surface area contributed by atoms with Crippen LogP contribution in [0.4, 0.5) is 19.7 Å². The monoisotopic (exact) mass is 443 g/mol. The maximum absolute atomic E-state index is 14.3. The molecule has 8 nitrogen and oxygen atoms in total. The van der Waals surface area contributed by atoms with Crippen molar-refractivity contribution in [2.75, 3.05) is 11.9 Å². The second-order valence-electron chi connectivity index (χ2n) is 9.67. The summed E-state index contributed by atoms with van der Waals surface area (Å²) >= 11 is 0. The van der Waals surface area contributed by atoms with E-state index in [0.29, 0.717) is 16.6 Å². The van der Waals surface area contributed by atoms with Gasteiger partial charge in [0.25, 0.3) is 0 Å². The summed E-state index contributed by atoms with van der Waals surface area (Å²) < 4.78 is 15.5. The molecule has 2 fully saturated rings. The van der Waals surface area contributed by atoms with Gasteiger partial charge in [0, 0.05) is 24.0 Å². The summed E-state index contributed by atoms with van der Waals surface area (Å²) in [6.45, 7) is 4.20. The molecule has 4 rings (SSSR count). The zero-order chi connectivity index (χ0) is 23.0. The molecule has 0 unspecified atom stereocenters. The summed E-state index contributed by atoms with van der Waals surface area (Å²) in [5.74, 6) is -0.317. The maximum Gasteiger partial charge on any atom is 0.323 e. The topological polar surface area (TPSA) is 109 Å². The Balaban J connectivity index is 1.50. The molecule has 1 saturated heterocycles. The summed E-state index contributed by atoms with van der Waals surface area (Å²) in [5, 5.41) is 6.40. The van der Waals surface area contributed by atoms with Crippen molar-refractivity contribution in [1.82, 2.24) is 14.8 Å². The number of nitrogens with zero attached hydrogens (tertiary/aromatic N) is 2. The SMILES string of the molecule is CC1(C)CCC[C@@H](NC(=O)[C@@H]2C[C@@H](F)CN2C(=O)Nc2cn(C(N)=O)c3ccccc23)C1. The lowest BCUT2D eigenvalue weighted by atomic mass is 9.75. The van der Waals surface area contributed by atoms with Gasteiger partial charge in [-0.2, -0.15) is 0 Å². The number of nitrogens with two attached hydrogens (primary N) is 1. The first kappa shape index (κ1) is 22.1. The van der Waals surface area contributed by atoms with Gasteiger partial charge in [-0.1, -0.05) is 38.5 Å². The molecule has 1 aliphatic heterocycles. The highest BCUT2D eigenvalue weighted by Gasteiger charge is 2.41. The van der Waals surface area contributed by atoms with Crippen LogP contribution in [-0.4, -0.2) is 52.2 Å². The first-order valence-electron chi connectivity index (χ1n) is 11.1. The molecule has 4 N–H and O–H groups in total. The predicted octanol–water partition coefficient (Wildman–Crippen LogP) is 3.60. The molecule has 1 saturated carbocycles. The third kappa shape index (κ3) is 4.42. The summed E-state index contributed by atoms with van der Waals surface area (Å²) in [4.78, 5) is 39.0. The minimum atomic E-state index is -1.27. The van der Waals surface area contributed by atoms with E-state index in [4.69, 9.17) is 5.73 Å². The van der Waals surface area contributed by atoms with Crippen molar-refractivity contribution in [3.8, 4) is 0 Å². The van der Waals surface area contributed by atoms with E-state index in [9.17, 15) is 18.8 Å².